The van der Waals surface area contributed by atoms with E-state index < -0.39 is 0 Å². The molecule has 0 fully saturated rings. The molecule has 0 aliphatic carbocycles. The Labute approximate surface area is 135 Å². The predicted octanol–water partition coefficient (Wildman–Crippen LogP) is 5.54. The lowest BCUT2D eigenvalue weighted by Crippen LogP contribution is -2.01. The number of hydrogen-bond donors (Lipinski definition) is 2. The molecule has 0 atom stereocenters. The van der Waals surface area contributed by atoms with E-state index in [9.17, 15) is 9.90 Å². The highest BCUT2D eigenvalue weighted by atomic mass is 16.3. The van der Waals surface area contributed by atoms with E-state index in [1.54, 1.807) is 12.1 Å². The molecule has 0 aliphatic rings. The van der Waals surface area contributed by atoms with Crippen LogP contribution in [0.2, 0.25) is 0 Å². The van der Waals surface area contributed by atoms with Gasteiger partial charge in [-0.15, -0.1) is 0 Å². The lowest BCUT2D eigenvalue weighted by atomic mass is 10.1. The summed E-state index contributed by atoms with van der Waals surface area (Å²) in [7, 11) is 0. The number of benzene rings is 1. The first-order chi connectivity index (χ1) is 10.8. The number of nitrogens with one attached hydrogen (secondary N) is 1. The maximum absolute atomic E-state index is 10.6. The van der Waals surface area contributed by atoms with Gasteiger partial charge in [0.15, 0.2) is 6.29 Å². The van der Waals surface area contributed by atoms with Crippen LogP contribution in [0.25, 0.3) is 0 Å². The highest BCUT2D eigenvalue weighted by Crippen LogP contribution is 2.20. The first-order valence-corrected chi connectivity index (χ1v) is 8.80. The van der Waals surface area contributed by atoms with Crippen LogP contribution in [0.15, 0.2) is 18.2 Å². The summed E-state index contributed by atoms with van der Waals surface area (Å²) in [4.78, 5) is 10.6. The van der Waals surface area contributed by atoms with Crippen LogP contribution in [0.5, 0.6) is 5.75 Å². The molecule has 1 rings (SSSR count). The molecule has 0 heterocycles. The van der Waals surface area contributed by atoms with Gasteiger partial charge in [0.2, 0.25) is 0 Å². The van der Waals surface area contributed by atoms with Crippen LogP contribution < -0.4 is 5.32 Å². The predicted molar refractivity (Wildman–Crippen MR) is 93.8 cm³/mol. The summed E-state index contributed by atoms with van der Waals surface area (Å²) < 4.78 is 0. The number of hydrogen-bond acceptors (Lipinski definition) is 3. The molecule has 0 radical (unpaired) electrons. The van der Waals surface area contributed by atoms with E-state index in [0.717, 1.165) is 18.7 Å². The Balaban J connectivity index is 1.97. The van der Waals surface area contributed by atoms with Gasteiger partial charge in [-0.2, -0.15) is 0 Å². The summed E-state index contributed by atoms with van der Waals surface area (Å²) in [5.41, 5.74) is 1.21. The van der Waals surface area contributed by atoms with Crippen molar-refractivity contribution in [1.82, 2.24) is 0 Å². The second kappa shape index (κ2) is 12.1. The molecule has 124 valence electrons. The Morgan fingerprint density at radius 2 is 1.55 bits per heavy atom. The van der Waals surface area contributed by atoms with Gasteiger partial charge in [-0.05, 0) is 18.6 Å². The number of unbranched alkanes of at least 4 members (excludes halogenated alkanes) is 9. The third-order valence-electron chi connectivity index (χ3n) is 4.02. The second-order valence-corrected chi connectivity index (χ2v) is 6.00. The number of carbonyl (C=O) groups excluding carboxylic acids is 1. The van der Waals surface area contributed by atoms with Gasteiger partial charge in [0, 0.05) is 18.3 Å². The van der Waals surface area contributed by atoms with Crippen molar-refractivity contribution in [2.24, 2.45) is 0 Å². The summed E-state index contributed by atoms with van der Waals surface area (Å²) in [5.74, 6) is 0.0445. The van der Waals surface area contributed by atoms with E-state index in [-0.39, 0.29) is 5.75 Å². The Morgan fingerprint density at radius 3 is 2.09 bits per heavy atom. The maximum Gasteiger partial charge on any atom is 0.153 e. The molecule has 0 aliphatic heterocycles. The number of rotatable bonds is 13. The van der Waals surface area contributed by atoms with Crippen LogP contribution in [-0.2, 0) is 0 Å². The number of anilines is 1. The number of aldehydes is 1. The van der Waals surface area contributed by atoms with Crippen LogP contribution in [0.3, 0.4) is 0 Å². The molecule has 1 aromatic rings. The number of phenols is 1. The smallest absolute Gasteiger partial charge is 0.153 e. The third kappa shape index (κ3) is 8.06. The van der Waals surface area contributed by atoms with Crippen molar-refractivity contribution in [1.29, 1.82) is 0 Å². The minimum Gasteiger partial charge on any atom is -0.507 e. The Bertz CT molecular complexity index is 418. The zero-order valence-electron chi connectivity index (χ0n) is 13.9. The van der Waals surface area contributed by atoms with Crippen molar-refractivity contribution < 1.29 is 9.90 Å². The van der Waals surface area contributed by atoms with Crippen molar-refractivity contribution >= 4 is 12.0 Å². The second-order valence-electron chi connectivity index (χ2n) is 6.00. The summed E-state index contributed by atoms with van der Waals surface area (Å²) in [6, 6.07) is 5.09. The standard InChI is InChI=1S/C19H31NO2/c1-2-3-4-5-6-7-8-9-10-11-14-20-18-13-12-17(16-21)19(22)15-18/h12-13,15-16,20,22H,2-11,14H2,1H3. The van der Waals surface area contributed by atoms with Gasteiger partial charge >= 0.3 is 0 Å². The minimum atomic E-state index is 0.0445. The monoisotopic (exact) mass is 305 g/mol. The van der Waals surface area contributed by atoms with E-state index in [4.69, 9.17) is 0 Å². The zero-order valence-corrected chi connectivity index (χ0v) is 13.9. The molecule has 0 unspecified atom stereocenters. The molecular weight excluding hydrogens is 274 g/mol. The fraction of sp³-hybridized carbons (Fsp3) is 0.632. The molecule has 0 aromatic heterocycles. The number of aromatic hydroxyl groups is 1. The summed E-state index contributed by atoms with van der Waals surface area (Å²) in [6.45, 7) is 3.17. The van der Waals surface area contributed by atoms with E-state index in [0.29, 0.717) is 11.8 Å². The van der Waals surface area contributed by atoms with Crippen molar-refractivity contribution in [3.05, 3.63) is 23.8 Å². The van der Waals surface area contributed by atoms with Crippen LogP contribution in [0.1, 0.15) is 81.5 Å². The van der Waals surface area contributed by atoms with Crippen molar-refractivity contribution in [3.8, 4) is 5.75 Å². The summed E-state index contributed by atoms with van der Waals surface area (Å²) in [6.07, 6.45) is 14.0. The van der Waals surface area contributed by atoms with Crippen LogP contribution in [0.4, 0.5) is 5.69 Å². The van der Waals surface area contributed by atoms with Crippen molar-refractivity contribution in [2.75, 3.05) is 11.9 Å². The van der Waals surface area contributed by atoms with Crippen LogP contribution in [0, 0.1) is 0 Å². The van der Waals surface area contributed by atoms with Gasteiger partial charge in [0.1, 0.15) is 5.75 Å². The summed E-state index contributed by atoms with van der Waals surface area (Å²) in [5, 5.41) is 12.9. The van der Waals surface area contributed by atoms with Gasteiger partial charge in [0.25, 0.3) is 0 Å². The molecule has 0 bridgehead atoms. The number of phenolic OH excluding ortho intramolecular Hbond substituents is 1. The lowest BCUT2D eigenvalue weighted by molar-refractivity contribution is 0.112. The quantitative estimate of drug-likeness (QED) is 0.372. The van der Waals surface area contributed by atoms with E-state index >= 15 is 0 Å². The zero-order chi connectivity index (χ0) is 16.0. The highest BCUT2D eigenvalue weighted by Gasteiger charge is 2.00. The van der Waals surface area contributed by atoms with E-state index in [2.05, 4.69) is 12.2 Å². The highest BCUT2D eigenvalue weighted by molar-refractivity contribution is 5.80. The fourth-order valence-corrected chi connectivity index (χ4v) is 2.60. The topological polar surface area (TPSA) is 49.3 Å². The normalized spacial score (nSPS) is 10.6. The molecular formula is C19H31NO2. The minimum absolute atomic E-state index is 0.0445. The Morgan fingerprint density at radius 1 is 0.955 bits per heavy atom. The van der Waals surface area contributed by atoms with Gasteiger partial charge < -0.3 is 10.4 Å². The molecule has 1 aromatic carbocycles. The molecule has 3 nitrogen and oxygen atoms in total. The molecule has 0 spiro atoms. The van der Waals surface area contributed by atoms with E-state index in [1.807, 2.05) is 6.07 Å². The Hall–Kier alpha value is -1.51. The van der Waals surface area contributed by atoms with Crippen LogP contribution in [-0.4, -0.2) is 17.9 Å². The van der Waals surface area contributed by atoms with Gasteiger partial charge in [-0.25, -0.2) is 0 Å². The third-order valence-corrected chi connectivity index (χ3v) is 4.02. The summed E-state index contributed by atoms with van der Waals surface area (Å²) >= 11 is 0. The van der Waals surface area contributed by atoms with Gasteiger partial charge in [-0.1, -0.05) is 64.7 Å². The Kier molecular flexibility index (Phi) is 10.2. The number of carbonyl (C=O) groups is 1. The molecule has 2 N–H and O–H groups in total. The average Bonchev–Trinajstić information content (AvgIpc) is 2.53. The molecule has 3 heteroatoms. The molecule has 0 saturated carbocycles. The molecule has 0 amide bonds. The molecule has 22 heavy (non-hydrogen) atoms. The van der Waals surface area contributed by atoms with Crippen molar-refractivity contribution in [2.45, 2.75) is 71.1 Å². The average molecular weight is 305 g/mol. The van der Waals surface area contributed by atoms with Gasteiger partial charge in [-0.3, -0.25) is 4.79 Å². The van der Waals surface area contributed by atoms with E-state index in [1.165, 1.54) is 57.8 Å². The first-order valence-electron chi connectivity index (χ1n) is 8.80. The maximum atomic E-state index is 10.6. The first kappa shape index (κ1) is 18.5. The fourth-order valence-electron chi connectivity index (χ4n) is 2.60. The van der Waals surface area contributed by atoms with Crippen molar-refractivity contribution in [3.63, 3.8) is 0 Å². The van der Waals surface area contributed by atoms with Gasteiger partial charge in [0.05, 0.1) is 5.56 Å². The largest absolute Gasteiger partial charge is 0.507 e. The van der Waals surface area contributed by atoms with Crippen LogP contribution >= 0.6 is 0 Å². The SMILES string of the molecule is CCCCCCCCCCCCNc1ccc(C=O)c(O)c1. The molecule has 0 saturated heterocycles. The lowest BCUT2D eigenvalue weighted by Gasteiger charge is -2.07.